The van der Waals surface area contributed by atoms with Gasteiger partial charge in [-0.05, 0) is 102 Å². The summed E-state index contributed by atoms with van der Waals surface area (Å²) in [6, 6.07) is 15.0. The van der Waals surface area contributed by atoms with E-state index in [1.54, 1.807) is 16.2 Å². The molecule has 4 aliphatic rings. The Morgan fingerprint density at radius 2 is 1.76 bits per heavy atom. The zero-order valence-corrected chi connectivity index (χ0v) is 38.6. The fourth-order valence-electron chi connectivity index (χ4n) is 8.57. The van der Waals surface area contributed by atoms with Gasteiger partial charge < -0.3 is 31.0 Å². The summed E-state index contributed by atoms with van der Waals surface area (Å²) in [5, 5.41) is 6.60. The second-order valence-corrected chi connectivity index (χ2v) is 20.1. The number of alkyl halides is 1. The fourth-order valence-corrected chi connectivity index (χ4v) is 9.95. The molecule has 3 heterocycles. The third-order valence-corrected chi connectivity index (χ3v) is 14.8. The molecule has 13 nitrogen and oxygen atoms in total. The number of nitrogens with zero attached hydrogens (tertiary/aromatic N) is 4. The third kappa shape index (κ3) is 12.1. The number of nitrogens with two attached hydrogens (primary N) is 2. The molecule has 6 atom stereocenters. The van der Waals surface area contributed by atoms with Gasteiger partial charge in [-0.25, -0.2) is 9.19 Å². The highest BCUT2D eigenvalue weighted by Gasteiger charge is 2.44. The average Bonchev–Trinajstić information content (AvgIpc) is 3.82. The van der Waals surface area contributed by atoms with Crippen molar-refractivity contribution in [3.8, 4) is 16.6 Å². The van der Waals surface area contributed by atoms with Gasteiger partial charge in [-0.1, -0.05) is 62.1 Å². The average molecular weight is 912 g/mol. The highest BCUT2D eigenvalue weighted by Crippen LogP contribution is 2.41. The number of hydrogen-bond donors (Lipinski definition) is 4. The molecule has 1 aliphatic heterocycles. The lowest BCUT2D eigenvalue weighted by Gasteiger charge is -2.28. The minimum Gasteiger partial charge on any atom is -0.459 e. The molecule has 2 aromatic heterocycles. The van der Waals surface area contributed by atoms with Crippen LogP contribution in [0.3, 0.4) is 0 Å². The Labute approximate surface area is 381 Å². The first-order chi connectivity index (χ1) is 30.3. The number of rotatable bonds is 18. The number of allylic oxidation sites excluding steroid dienone is 2. The molecule has 4 fully saturated rings. The number of likely N-dealkylation sites (tertiary alicyclic amines) is 1. The number of carbonyl (C=O) groups excluding carboxylic acids is 3. The van der Waals surface area contributed by atoms with Gasteiger partial charge in [0.15, 0.2) is 11.1 Å². The predicted octanol–water partition coefficient (Wildman–Crippen LogP) is 9.43. The number of para-hydroxylation sites is 2. The van der Waals surface area contributed by atoms with Crippen LogP contribution in [0, 0.1) is 11.8 Å². The maximum atomic E-state index is 14.3. The van der Waals surface area contributed by atoms with Crippen molar-refractivity contribution in [1.29, 1.82) is 0 Å². The number of unbranched alkanes of at least 4 members (excludes halogenated alkanes) is 3. The molecule has 348 valence electrons. The minimum atomic E-state index is -1.57. The number of amides is 3. The SMILES string of the molecule is CC(C)n1c(O[C@@H]2C[C@@H](C(N)=O)N(C(=O)[C@H](CCCCC/C=C\[C@@H]3C[C@@H]3C(N)=O)Nc3ccccc3)C2)nc2c(-c3nc(C4CCCC4)cs3)cccc21.CC1(S(=O)O)CC1.CF.[HH].[HH].[HH]. The monoisotopic (exact) mass is 911 g/mol. The molecule has 2 aromatic carbocycles. The van der Waals surface area contributed by atoms with E-state index < -0.39 is 35.2 Å². The van der Waals surface area contributed by atoms with Crippen LogP contribution in [0.15, 0.2) is 66.1 Å². The smallest absolute Gasteiger partial charge is 0.297 e. The van der Waals surface area contributed by atoms with Gasteiger partial charge in [0.2, 0.25) is 17.7 Å². The lowest BCUT2D eigenvalue weighted by Crippen LogP contribution is -2.49. The molecule has 0 bridgehead atoms. The van der Waals surface area contributed by atoms with Crippen molar-refractivity contribution in [3.63, 3.8) is 0 Å². The molecule has 3 saturated carbocycles. The van der Waals surface area contributed by atoms with Crippen LogP contribution in [0.25, 0.3) is 21.6 Å². The molecule has 3 aliphatic carbocycles. The Morgan fingerprint density at radius 3 is 2.38 bits per heavy atom. The van der Waals surface area contributed by atoms with Gasteiger partial charge in [-0.15, -0.1) is 11.3 Å². The summed E-state index contributed by atoms with van der Waals surface area (Å²) in [5.74, 6) is -0.119. The van der Waals surface area contributed by atoms with Crippen molar-refractivity contribution < 1.29 is 36.6 Å². The largest absolute Gasteiger partial charge is 0.459 e. The molecular formula is C47H70FN7O6S2. The van der Waals surface area contributed by atoms with Gasteiger partial charge in [0.1, 0.15) is 28.7 Å². The molecule has 16 heteroatoms. The lowest BCUT2D eigenvalue weighted by molar-refractivity contribution is -0.138. The summed E-state index contributed by atoms with van der Waals surface area (Å²) in [4.78, 5) is 50.3. The quantitative estimate of drug-likeness (QED) is 0.0427. The summed E-state index contributed by atoms with van der Waals surface area (Å²) in [6.07, 6.45) is 15.9. The van der Waals surface area contributed by atoms with Crippen molar-refractivity contribution in [2.24, 2.45) is 23.3 Å². The topological polar surface area (TPSA) is 196 Å². The number of hydrogen-bond acceptors (Lipinski definition) is 9. The van der Waals surface area contributed by atoms with E-state index in [2.05, 4.69) is 53.4 Å². The molecule has 8 rings (SSSR count). The van der Waals surface area contributed by atoms with E-state index in [1.165, 1.54) is 31.4 Å². The van der Waals surface area contributed by atoms with Gasteiger partial charge in [-0.3, -0.25) is 23.3 Å². The van der Waals surface area contributed by atoms with E-state index in [-0.39, 0.29) is 51.7 Å². The van der Waals surface area contributed by atoms with Crippen LogP contribution < -0.4 is 21.5 Å². The number of fused-ring (bicyclic) bond motifs is 1. The highest BCUT2D eigenvalue weighted by atomic mass is 32.2. The van der Waals surface area contributed by atoms with Crippen molar-refractivity contribution in [3.05, 3.63) is 71.8 Å². The van der Waals surface area contributed by atoms with Gasteiger partial charge >= 0.3 is 0 Å². The van der Waals surface area contributed by atoms with E-state index in [4.69, 9.17) is 30.7 Å². The van der Waals surface area contributed by atoms with Crippen molar-refractivity contribution in [1.82, 2.24) is 19.4 Å². The number of ether oxygens (including phenoxy) is 1. The van der Waals surface area contributed by atoms with Gasteiger partial charge in [0, 0.05) is 45.2 Å². The minimum absolute atomic E-state index is 0. The summed E-state index contributed by atoms with van der Waals surface area (Å²) in [5.41, 5.74) is 16.1. The van der Waals surface area contributed by atoms with E-state index >= 15 is 0 Å². The van der Waals surface area contributed by atoms with E-state index in [0.717, 1.165) is 72.2 Å². The summed E-state index contributed by atoms with van der Waals surface area (Å²) in [7, 11) is 0.500. The maximum absolute atomic E-state index is 14.3. The van der Waals surface area contributed by atoms with Crippen LogP contribution in [-0.2, 0) is 25.5 Å². The standard InChI is InChI=1S/C42H53N7O4S.C4H8O2S.CH3F.3H2/c1-26(2)49-35-21-13-19-31(40-46-34(25-54-40)27-14-11-12-15-27)37(35)47-42(49)53-30-23-36(39(44)51)48(24-30)41(52)33(45-29-17-8-6-9-18-29)20-10-5-3-4-7-16-28-22-32(28)38(43)50;1-4(2-3-4)7(5)6;1-2;;;/h6-9,13,16-19,21,25-28,30,32-33,36,45H,3-5,10-12,14-15,20,22-24H2,1-2H3,(H2,43,50)(H2,44,51);2-3H2,1H3,(H,5,6);1H3;3*1H/b16-7-;;;;;/t28-,30-,32+,33+,36+;;;;;/m1...../s1. The van der Waals surface area contributed by atoms with Crippen LogP contribution >= 0.6 is 11.3 Å². The Hall–Kier alpha value is -4.67. The first-order valence-electron chi connectivity index (χ1n) is 22.3. The number of aromatic nitrogens is 3. The number of anilines is 1. The second kappa shape index (κ2) is 21.8. The van der Waals surface area contributed by atoms with Gasteiger partial charge in [0.05, 0.1) is 29.7 Å². The van der Waals surface area contributed by atoms with Crippen molar-refractivity contribution >= 4 is 56.9 Å². The maximum Gasteiger partial charge on any atom is 0.297 e. The van der Waals surface area contributed by atoms with Gasteiger partial charge in [-0.2, -0.15) is 4.98 Å². The van der Waals surface area contributed by atoms with Crippen LogP contribution in [0.2, 0.25) is 0 Å². The molecule has 3 amide bonds. The summed E-state index contributed by atoms with van der Waals surface area (Å²) < 4.78 is 36.6. The molecule has 1 saturated heterocycles. The zero-order chi connectivity index (χ0) is 45.3. The lowest BCUT2D eigenvalue weighted by atomic mass is 10.0. The summed E-state index contributed by atoms with van der Waals surface area (Å²) in [6.45, 7) is 6.25. The molecule has 1 unspecified atom stereocenters. The third-order valence-electron chi connectivity index (χ3n) is 12.6. The second-order valence-electron chi connectivity index (χ2n) is 17.7. The zero-order valence-electron chi connectivity index (χ0n) is 36.9. The Balaban J connectivity index is 0.000000873. The fraction of sp³-hybridized carbons (Fsp3) is 0.553. The first-order valence-corrected chi connectivity index (χ1v) is 24.3. The van der Waals surface area contributed by atoms with Crippen molar-refractivity contribution in [2.45, 2.75) is 139 Å². The molecule has 0 radical (unpaired) electrons. The number of thiazole rings is 1. The predicted molar refractivity (Wildman–Crippen MR) is 255 cm³/mol. The Kier molecular flexibility index (Phi) is 16.5. The van der Waals surface area contributed by atoms with E-state index in [9.17, 15) is 23.0 Å². The molecule has 0 spiro atoms. The number of halogens is 1. The molecule has 63 heavy (non-hydrogen) atoms. The summed E-state index contributed by atoms with van der Waals surface area (Å²) >= 11 is 0.0937. The normalized spacial score (nSPS) is 22.2. The van der Waals surface area contributed by atoms with Gasteiger partial charge in [0.25, 0.3) is 6.01 Å². The van der Waals surface area contributed by atoms with Crippen LogP contribution in [0.1, 0.15) is 126 Å². The van der Waals surface area contributed by atoms with E-state index in [1.807, 2.05) is 43.3 Å². The molecule has 4 aromatic rings. The Morgan fingerprint density at radius 1 is 1.03 bits per heavy atom. The number of benzene rings is 2. The van der Waals surface area contributed by atoms with Crippen LogP contribution in [0.4, 0.5) is 10.1 Å². The number of imidazole rings is 1. The van der Waals surface area contributed by atoms with Crippen molar-refractivity contribution in [2.75, 3.05) is 19.0 Å². The highest BCUT2D eigenvalue weighted by molar-refractivity contribution is 7.81. The van der Waals surface area contributed by atoms with E-state index in [0.29, 0.717) is 25.5 Å². The number of carbonyl (C=O) groups is 3. The number of nitrogens with one attached hydrogen (secondary N) is 1. The Bertz CT molecular complexity index is 2240. The molecular weight excluding hydrogens is 842 g/mol. The first kappa shape index (κ1) is 47.8. The molecule has 6 N–H and O–H groups in total. The number of primary amides is 2. The van der Waals surface area contributed by atoms with Crippen LogP contribution in [-0.4, -0.2) is 82.6 Å². The van der Waals surface area contributed by atoms with Crippen LogP contribution in [0.5, 0.6) is 6.01 Å².